The minimum Gasteiger partial charge on any atom is -0.497 e. The summed E-state index contributed by atoms with van der Waals surface area (Å²) in [5.74, 6) is -4.99. The van der Waals surface area contributed by atoms with Crippen LogP contribution >= 0.6 is 0 Å². The standard InChI is InChI=1S/C60H98O23/c1-30-20-31(2)22-41(62)44(73-14)27-43(79-56(68)34(5)24-40(72-13)25-39(29-61)23-33(4)50(32(3)21-30)81-57-49(65)48(64)52(74-15)37(8)78-57)35(6)60(70)55(75-16)54(67)59(11,45(82-60)18-17-19-71-12)83-46-26-42(63)51(36(7)76-46)80-47-28-58(10,69)53(66)38(9)77-47/h20-25,33,35-38,41-55,57,61-67,69-70H,17-19,26-29H2,1-16H3/b30-20+,31-22?,32-21+,34-24+,39-23-,40-25-/t33?,35-,36-,37-,38-,41?,42+,43?,44?,45-,46+,47+,48-,49-,50?,51-,52-,53-,54-,55-,57-,58-,59-,60+/m1/s1. The number of esters is 1. The molecule has 0 aromatic heterocycles. The zero-order valence-corrected chi connectivity index (χ0v) is 51.3. The van der Waals surface area contributed by atoms with Crippen LogP contribution < -0.4 is 0 Å². The Kier molecular flexibility index (Phi) is 26.1. The number of cyclic esters (lactones) is 1. The molecule has 23 nitrogen and oxygen atoms in total. The van der Waals surface area contributed by atoms with Crippen molar-refractivity contribution in [3.8, 4) is 0 Å². The maximum atomic E-state index is 14.5. The summed E-state index contributed by atoms with van der Waals surface area (Å²) in [6, 6.07) is 0. The van der Waals surface area contributed by atoms with Gasteiger partial charge in [0.25, 0.3) is 0 Å². The van der Waals surface area contributed by atoms with Crippen molar-refractivity contribution in [2.24, 2.45) is 11.8 Å². The average Bonchev–Trinajstić information content (AvgIpc) is 1.93. The van der Waals surface area contributed by atoms with Gasteiger partial charge in [0, 0.05) is 65.8 Å². The second-order valence-electron chi connectivity index (χ2n) is 23.6. The van der Waals surface area contributed by atoms with Crippen LogP contribution in [0.4, 0.5) is 0 Å². The van der Waals surface area contributed by atoms with Gasteiger partial charge in [0.2, 0.25) is 5.79 Å². The van der Waals surface area contributed by atoms with E-state index in [-0.39, 0.29) is 43.6 Å². The maximum Gasteiger partial charge on any atom is 0.334 e. The summed E-state index contributed by atoms with van der Waals surface area (Å²) >= 11 is 0. The average molecular weight is 1190 g/mol. The first kappa shape index (κ1) is 70.7. The topological polar surface area (TPSA) is 319 Å². The molecule has 23 heteroatoms. The number of aliphatic hydroxyl groups excluding tert-OH is 7. The van der Waals surface area contributed by atoms with Gasteiger partial charge in [-0.15, -0.1) is 0 Å². The van der Waals surface area contributed by atoms with E-state index in [1.54, 1.807) is 53.7 Å². The lowest BCUT2D eigenvalue weighted by Gasteiger charge is -2.57. The number of hydrogen-bond acceptors (Lipinski definition) is 23. The van der Waals surface area contributed by atoms with Crippen LogP contribution in [0.1, 0.15) is 108 Å². The predicted octanol–water partition coefficient (Wildman–Crippen LogP) is 2.84. The quantitative estimate of drug-likeness (QED) is 0.0747. The third kappa shape index (κ3) is 17.2. The lowest BCUT2D eigenvalue weighted by Crippen LogP contribution is -2.74. The Balaban J connectivity index is 1.51. The third-order valence-corrected chi connectivity index (χ3v) is 16.8. The molecule has 83 heavy (non-hydrogen) atoms. The minimum absolute atomic E-state index is 0.0210. The molecule has 9 N–H and O–H groups in total. The first-order chi connectivity index (χ1) is 38.9. The van der Waals surface area contributed by atoms with Crippen molar-refractivity contribution in [2.45, 2.75) is 242 Å². The van der Waals surface area contributed by atoms with Gasteiger partial charge in [0.15, 0.2) is 18.9 Å². The molecule has 0 bridgehead atoms. The van der Waals surface area contributed by atoms with Crippen molar-refractivity contribution in [3.05, 3.63) is 70.1 Å². The molecule has 0 aromatic carbocycles. The van der Waals surface area contributed by atoms with Crippen LogP contribution in [0.2, 0.25) is 0 Å². The van der Waals surface area contributed by atoms with Gasteiger partial charge in [-0.3, -0.25) is 0 Å². The van der Waals surface area contributed by atoms with E-state index < -0.39 is 158 Å². The number of allylic oxidation sites excluding steroid dienone is 5. The number of ether oxygens (including phenoxy) is 13. The Morgan fingerprint density at radius 1 is 0.735 bits per heavy atom. The second kappa shape index (κ2) is 30.7. The van der Waals surface area contributed by atoms with Gasteiger partial charge in [-0.05, 0) is 98.5 Å². The highest BCUT2D eigenvalue weighted by Gasteiger charge is 2.64. The molecule has 5 heterocycles. The van der Waals surface area contributed by atoms with Crippen molar-refractivity contribution in [3.63, 3.8) is 0 Å². The van der Waals surface area contributed by atoms with Crippen LogP contribution in [0.5, 0.6) is 0 Å². The zero-order chi connectivity index (χ0) is 62.1. The Labute approximate surface area is 489 Å². The molecule has 0 saturated carbocycles. The van der Waals surface area contributed by atoms with E-state index >= 15 is 0 Å². The fourth-order valence-corrected chi connectivity index (χ4v) is 12.0. The van der Waals surface area contributed by atoms with Gasteiger partial charge in [-0.2, -0.15) is 0 Å². The van der Waals surface area contributed by atoms with E-state index in [0.717, 1.165) is 5.57 Å². The third-order valence-electron chi connectivity index (χ3n) is 16.8. The van der Waals surface area contributed by atoms with E-state index in [1.165, 1.54) is 61.5 Å². The molecule has 0 aromatic rings. The molecule has 4 fully saturated rings. The van der Waals surface area contributed by atoms with E-state index in [0.29, 0.717) is 23.1 Å². The number of carbonyl (C=O) groups excluding carboxylic acids is 1. The molecular weight excluding hydrogens is 1090 g/mol. The van der Waals surface area contributed by atoms with Gasteiger partial charge < -0.3 is 108 Å². The number of aliphatic hydroxyl groups is 9. The summed E-state index contributed by atoms with van der Waals surface area (Å²) in [6.07, 6.45) is -11.5. The van der Waals surface area contributed by atoms with E-state index in [2.05, 4.69) is 0 Å². The van der Waals surface area contributed by atoms with Crippen LogP contribution in [-0.2, 0) is 66.4 Å². The van der Waals surface area contributed by atoms with Crippen molar-refractivity contribution in [1.82, 2.24) is 0 Å². The van der Waals surface area contributed by atoms with E-state index in [9.17, 15) is 50.8 Å². The van der Waals surface area contributed by atoms with Gasteiger partial charge in [-0.25, -0.2) is 4.79 Å². The Bertz CT molecular complexity index is 2270. The van der Waals surface area contributed by atoms with Crippen molar-refractivity contribution in [1.29, 1.82) is 0 Å². The molecule has 5 rings (SSSR count). The molecule has 4 saturated heterocycles. The highest BCUT2D eigenvalue weighted by Crippen LogP contribution is 2.47. The van der Waals surface area contributed by atoms with Gasteiger partial charge in [0.05, 0.1) is 74.1 Å². The molecule has 0 spiro atoms. The summed E-state index contributed by atoms with van der Waals surface area (Å²) in [7, 11) is 6.97. The van der Waals surface area contributed by atoms with Crippen LogP contribution in [0.3, 0.4) is 0 Å². The number of carbonyl (C=O) groups is 1. The van der Waals surface area contributed by atoms with Crippen LogP contribution in [0.25, 0.3) is 0 Å². The van der Waals surface area contributed by atoms with E-state index in [1.807, 2.05) is 32.9 Å². The van der Waals surface area contributed by atoms with Crippen LogP contribution in [-0.4, -0.2) is 234 Å². The molecule has 0 aliphatic carbocycles. The SMILES string of the molecule is COCCC[C@H]1O[C@@](O)([C@H](C)C2CC(OC)C(O)C=C(C)/C=C(C)/C=C(\C)C(O[C@H]3O[C@H](C)[C@@H](OC)[C@H](O)[C@H]3O)C(C)/C=C(CO)/C=C(OC)/C=C(\C)C(=O)O2)[C@H](OC)[C@@H](O)[C@]1(C)O[C@H]1C[C@H](O)[C@H](O[C@H]2C[C@@](C)(O)[C@H](O)[C@@H](C)O2)[C@@H](C)O1. The summed E-state index contributed by atoms with van der Waals surface area (Å²) in [4.78, 5) is 14.5. The van der Waals surface area contributed by atoms with Gasteiger partial charge in [0.1, 0.15) is 60.2 Å². The summed E-state index contributed by atoms with van der Waals surface area (Å²) < 4.78 is 78.8. The Morgan fingerprint density at radius 2 is 1.40 bits per heavy atom. The molecule has 0 amide bonds. The van der Waals surface area contributed by atoms with Crippen LogP contribution in [0, 0.1) is 11.8 Å². The zero-order valence-electron chi connectivity index (χ0n) is 51.3. The maximum absolute atomic E-state index is 14.5. The van der Waals surface area contributed by atoms with Crippen molar-refractivity contribution >= 4 is 5.97 Å². The molecule has 5 aliphatic heterocycles. The largest absolute Gasteiger partial charge is 0.497 e. The Morgan fingerprint density at radius 3 is 1.99 bits per heavy atom. The molecule has 476 valence electrons. The number of rotatable bonds is 17. The Hall–Kier alpha value is -3.09. The normalized spacial score (nSPS) is 45.8. The molecule has 5 aliphatic rings. The second-order valence-corrected chi connectivity index (χ2v) is 23.6. The fraction of sp³-hybridized carbons (Fsp3) is 0.783. The summed E-state index contributed by atoms with van der Waals surface area (Å²) in [5, 5.41) is 103. The smallest absolute Gasteiger partial charge is 0.334 e. The molecule has 5 unspecified atom stereocenters. The van der Waals surface area contributed by atoms with Crippen molar-refractivity contribution < 1.29 is 112 Å². The summed E-state index contributed by atoms with van der Waals surface area (Å²) in [6.45, 7) is 18.2. The lowest BCUT2D eigenvalue weighted by atomic mass is 9.75. The first-order valence-electron chi connectivity index (χ1n) is 28.7. The number of hydrogen-bond donors (Lipinski definition) is 9. The molecule has 24 atom stereocenters. The minimum atomic E-state index is -2.46. The highest BCUT2D eigenvalue weighted by molar-refractivity contribution is 5.88. The van der Waals surface area contributed by atoms with Crippen molar-refractivity contribution in [2.75, 3.05) is 48.8 Å². The summed E-state index contributed by atoms with van der Waals surface area (Å²) in [5.41, 5.74) is -0.823. The van der Waals surface area contributed by atoms with Gasteiger partial charge in [-0.1, -0.05) is 49.3 Å². The first-order valence-corrected chi connectivity index (χ1v) is 28.7. The predicted molar refractivity (Wildman–Crippen MR) is 300 cm³/mol. The lowest BCUT2D eigenvalue weighted by molar-refractivity contribution is -0.416. The van der Waals surface area contributed by atoms with Gasteiger partial charge >= 0.3 is 5.97 Å². The molecular formula is C60H98O23. The van der Waals surface area contributed by atoms with E-state index in [4.69, 9.17) is 61.6 Å². The fourth-order valence-electron chi connectivity index (χ4n) is 12.0. The number of methoxy groups -OCH3 is 5. The van der Waals surface area contributed by atoms with Crippen LogP contribution in [0.15, 0.2) is 70.1 Å². The highest BCUT2D eigenvalue weighted by atomic mass is 16.7. The molecule has 0 radical (unpaired) electrons. The monoisotopic (exact) mass is 1190 g/mol.